The SMILES string of the molecule is C/C=N/Oc1cc2ccccc2o1. The van der Waals surface area contributed by atoms with Gasteiger partial charge in [0.2, 0.25) is 0 Å². The molecule has 0 aliphatic heterocycles. The van der Waals surface area contributed by atoms with E-state index in [-0.39, 0.29) is 0 Å². The molecule has 0 bridgehead atoms. The summed E-state index contributed by atoms with van der Waals surface area (Å²) in [4.78, 5) is 4.94. The zero-order valence-electron chi connectivity index (χ0n) is 7.23. The summed E-state index contributed by atoms with van der Waals surface area (Å²) < 4.78 is 5.33. The molecule has 13 heavy (non-hydrogen) atoms. The van der Waals surface area contributed by atoms with Gasteiger partial charge in [-0.3, -0.25) is 0 Å². The van der Waals surface area contributed by atoms with Crippen molar-refractivity contribution in [2.75, 3.05) is 0 Å². The Balaban J connectivity index is 2.38. The van der Waals surface area contributed by atoms with Crippen LogP contribution in [-0.4, -0.2) is 6.21 Å². The van der Waals surface area contributed by atoms with E-state index < -0.39 is 0 Å². The minimum atomic E-state index is 0.416. The normalized spacial score (nSPS) is 11.2. The first kappa shape index (κ1) is 7.86. The van der Waals surface area contributed by atoms with Crippen molar-refractivity contribution >= 4 is 17.2 Å². The molecule has 1 aromatic carbocycles. The van der Waals surface area contributed by atoms with Gasteiger partial charge in [0.1, 0.15) is 5.58 Å². The molecule has 0 atom stereocenters. The predicted octanol–water partition coefficient (Wildman–Crippen LogP) is 2.82. The first-order valence-electron chi connectivity index (χ1n) is 4.04. The highest BCUT2D eigenvalue weighted by Crippen LogP contribution is 2.24. The number of para-hydroxylation sites is 1. The maximum absolute atomic E-state index is 5.33. The van der Waals surface area contributed by atoms with Crippen LogP contribution in [0.1, 0.15) is 6.92 Å². The van der Waals surface area contributed by atoms with Crippen LogP contribution in [0.2, 0.25) is 0 Å². The Morgan fingerprint density at radius 1 is 1.38 bits per heavy atom. The fourth-order valence-corrected chi connectivity index (χ4v) is 1.11. The number of oxime groups is 1. The quantitative estimate of drug-likeness (QED) is 0.519. The van der Waals surface area contributed by atoms with Crippen molar-refractivity contribution in [3.63, 3.8) is 0 Å². The maximum atomic E-state index is 5.33. The molecule has 0 aliphatic rings. The minimum Gasteiger partial charge on any atom is -0.424 e. The molecule has 1 aromatic heterocycles. The van der Waals surface area contributed by atoms with Gasteiger partial charge in [-0.15, -0.1) is 0 Å². The third-order valence-corrected chi connectivity index (χ3v) is 1.65. The van der Waals surface area contributed by atoms with Crippen LogP contribution in [0.25, 0.3) is 11.0 Å². The van der Waals surface area contributed by atoms with Crippen LogP contribution in [0.3, 0.4) is 0 Å². The molecule has 0 saturated heterocycles. The standard InChI is InChI=1S/C10H9NO2/c1-2-11-13-10-7-8-5-3-4-6-9(8)12-10/h2-7H,1H3/b11-2+. The molecule has 0 unspecified atom stereocenters. The number of benzene rings is 1. The molecule has 3 nitrogen and oxygen atoms in total. The van der Waals surface area contributed by atoms with E-state index in [1.165, 1.54) is 0 Å². The van der Waals surface area contributed by atoms with Crippen molar-refractivity contribution in [2.45, 2.75) is 6.92 Å². The second-order valence-corrected chi connectivity index (χ2v) is 2.56. The van der Waals surface area contributed by atoms with Gasteiger partial charge in [0.15, 0.2) is 0 Å². The van der Waals surface area contributed by atoms with Crippen LogP contribution in [0.15, 0.2) is 39.9 Å². The minimum absolute atomic E-state index is 0.416. The van der Waals surface area contributed by atoms with Crippen LogP contribution in [0, 0.1) is 0 Å². The van der Waals surface area contributed by atoms with Crippen LogP contribution < -0.4 is 4.84 Å². The van der Waals surface area contributed by atoms with Gasteiger partial charge in [-0.2, -0.15) is 0 Å². The molecule has 0 aliphatic carbocycles. The van der Waals surface area contributed by atoms with Gasteiger partial charge in [0.25, 0.3) is 0 Å². The highest BCUT2D eigenvalue weighted by atomic mass is 16.7. The largest absolute Gasteiger partial charge is 0.424 e. The average Bonchev–Trinajstić information content (AvgIpc) is 2.57. The summed E-state index contributed by atoms with van der Waals surface area (Å²) >= 11 is 0. The van der Waals surface area contributed by atoms with E-state index in [1.807, 2.05) is 30.3 Å². The summed E-state index contributed by atoms with van der Waals surface area (Å²) in [5.41, 5.74) is 0.809. The summed E-state index contributed by atoms with van der Waals surface area (Å²) in [6.45, 7) is 1.78. The highest BCUT2D eigenvalue weighted by Gasteiger charge is 2.02. The van der Waals surface area contributed by atoms with E-state index in [9.17, 15) is 0 Å². The van der Waals surface area contributed by atoms with Crippen LogP contribution in [0.4, 0.5) is 0 Å². The van der Waals surface area contributed by atoms with Crippen LogP contribution in [0.5, 0.6) is 5.95 Å². The fourth-order valence-electron chi connectivity index (χ4n) is 1.11. The fraction of sp³-hybridized carbons (Fsp3) is 0.100. The Hall–Kier alpha value is -1.77. The Morgan fingerprint density at radius 2 is 2.23 bits per heavy atom. The molecule has 0 N–H and O–H groups in total. The summed E-state index contributed by atoms with van der Waals surface area (Å²) in [6, 6.07) is 9.52. The molecule has 66 valence electrons. The zero-order chi connectivity index (χ0) is 9.10. The molecule has 0 saturated carbocycles. The van der Waals surface area contributed by atoms with Crippen molar-refractivity contribution in [2.24, 2.45) is 5.16 Å². The van der Waals surface area contributed by atoms with Crippen molar-refractivity contribution < 1.29 is 9.25 Å². The summed E-state index contributed by atoms with van der Waals surface area (Å²) in [5, 5.41) is 4.64. The predicted molar refractivity (Wildman–Crippen MR) is 51.0 cm³/mol. The number of hydrogen-bond acceptors (Lipinski definition) is 3. The van der Waals surface area contributed by atoms with E-state index in [1.54, 1.807) is 13.1 Å². The molecule has 0 spiro atoms. The van der Waals surface area contributed by atoms with Gasteiger partial charge in [0, 0.05) is 17.7 Å². The summed E-state index contributed by atoms with van der Waals surface area (Å²) in [6.07, 6.45) is 1.56. The van der Waals surface area contributed by atoms with E-state index >= 15 is 0 Å². The van der Waals surface area contributed by atoms with Gasteiger partial charge < -0.3 is 9.25 Å². The first-order chi connectivity index (χ1) is 6.40. The van der Waals surface area contributed by atoms with Gasteiger partial charge >= 0.3 is 5.95 Å². The van der Waals surface area contributed by atoms with E-state index in [2.05, 4.69) is 5.16 Å². The van der Waals surface area contributed by atoms with Crippen molar-refractivity contribution in [1.82, 2.24) is 0 Å². The van der Waals surface area contributed by atoms with Gasteiger partial charge in [-0.1, -0.05) is 23.4 Å². The molecule has 0 radical (unpaired) electrons. The van der Waals surface area contributed by atoms with E-state index in [4.69, 9.17) is 9.25 Å². The number of hydrogen-bond donors (Lipinski definition) is 0. The lowest BCUT2D eigenvalue weighted by Gasteiger charge is -1.87. The second-order valence-electron chi connectivity index (χ2n) is 2.56. The van der Waals surface area contributed by atoms with Crippen molar-refractivity contribution in [3.8, 4) is 5.95 Å². The zero-order valence-corrected chi connectivity index (χ0v) is 7.23. The molecule has 2 rings (SSSR count). The van der Waals surface area contributed by atoms with Crippen LogP contribution >= 0.6 is 0 Å². The van der Waals surface area contributed by atoms with Crippen LogP contribution in [-0.2, 0) is 0 Å². The lowest BCUT2D eigenvalue weighted by atomic mass is 10.3. The number of fused-ring (bicyclic) bond motifs is 1. The topological polar surface area (TPSA) is 34.7 Å². The number of rotatable bonds is 2. The van der Waals surface area contributed by atoms with Gasteiger partial charge in [-0.25, -0.2) is 0 Å². The molecule has 0 fully saturated rings. The third-order valence-electron chi connectivity index (χ3n) is 1.65. The second kappa shape index (κ2) is 3.31. The smallest absolute Gasteiger partial charge is 0.315 e. The molecule has 1 heterocycles. The molecule has 3 heteroatoms. The molecular weight excluding hydrogens is 166 g/mol. The Kier molecular flexibility index (Phi) is 2.00. The van der Waals surface area contributed by atoms with Gasteiger partial charge in [-0.05, 0) is 13.0 Å². The van der Waals surface area contributed by atoms with E-state index in [0.717, 1.165) is 11.0 Å². The van der Waals surface area contributed by atoms with Gasteiger partial charge in [0.05, 0.1) is 0 Å². The van der Waals surface area contributed by atoms with Crippen molar-refractivity contribution in [3.05, 3.63) is 30.3 Å². The Bertz CT molecular complexity index is 398. The number of furan rings is 1. The average molecular weight is 175 g/mol. The third kappa shape index (κ3) is 1.54. The Morgan fingerprint density at radius 3 is 3.00 bits per heavy atom. The monoisotopic (exact) mass is 175 g/mol. The molecule has 2 aromatic rings. The lowest BCUT2D eigenvalue weighted by molar-refractivity contribution is 0.266. The summed E-state index contributed by atoms with van der Waals surface area (Å²) in [5.74, 6) is 0.416. The number of nitrogens with zero attached hydrogens (tertiary/aromatic N) is 1. The van der Waals surface area contributed by atoms with Crippen molar-refractivity contribution in [1.29, 1.82) is 0 Å². The molecule has 0 amide bonds. The van der Waals surface area contributed by atoms with E-state index in [0.29, 0.717) is 5.95 Å². The highest BCUT2D eigenvalue weighted by molar-refractivity contribution is 5.78. The molecular formula is C10H9NO2. The maximum Gasteiger partial charge on any atom is 0.315 e. The lowest BCUT2D eigenvalue weighted by Crippen LogP contribution is -1.77. The first-order valence-corrected chi connectivity index (χ1v) is 4.04. The summed E-state index contributed by atoms with van der Waals surface area (Å²) in [7, 11) is 0. The Labute approximate surface area is 75.6 Å².